The molecule has 0 saturated heterocycles. The van der Waals surface area contributed by atoms with Gasteiger partial charge < -0.3 is 15.2 Å². The molecular weight excluding hydrogens is 432 g/mol. The summed E-state index contributed by atoms with van der Waals surface area (Å²) in [6.45, 7) is 4.41. The molecule has 2 aromatic heterocycles. The van der Waals surface area contributed by atoms with Crippen molar-refractivity contribution >= 4 is 51.6 Å². The fourth-order valence-electron chi connectivity index (χ4n) is 2.54. The van der Waals surface area contributed by atoms with Crippen molar-refractivity contribution in [3.05, 3.63) is 52.3 Å². The van der Waals surface area contributed by atoms with Crippen LogP contribution in [0.1, 0.15) is 36.1 Å². The van der Waals surface area contributed by atoms with Crippen LogP contribution in [0.4, 0.5) is 5.13 Å². The van der Waals surface area contributed by atoms with Crippen LogP contribution in [0.15, 0.2) is 41.0 Å². The van der Waals surface area contributed by atoms with Crippen molar-refractivity contribution in [3.8, 4) is 0 Å². The smallest absolute Gasteiger partial charge is 0.251 e. The number of nitrogens with one attached hydrogen (secondary N) is 2. The Bertz CT molecular complexity index is 975. The predicted molar refractivity (Wildman–Crippen MR) is 114 cm³/mol. The van der Waals surface area contributed by atoms with E-state index in [1.165, 1.54) is 23.1 Å². The maximum atomic E-state index is 12.4. The summed E-state index contributed by atoms with van der Waals surface area (Å²) in [6.07, 6.45) is 1.63. The summed E-state index contributed by atoms with van der Waals surface area (Å²) in [5.41, 5.74) is 0.511. The van der Waals surface area contributed by atoms with Gasteiger partial charge in [-0.15, -0.1) is 21.5 Å². The van der Waals surface area contributed by atoms with Crippen molar-refractivity contribution in [3.63, 3.8) is 0 Å². The molecule has 152 valence electrons. The first-order valence-electron chi connectivity index (χ1n) is 8.79. The topological polar surface area (TPSA) is 102 Å². The van der Waals surface area contributed by atoms with E-state index in [4.69, 9.17) is 11.6 Å². The average molecular weight is 451 g/mol. The minimum atomic E-state index is -0.357. The highest BCUT2D eigenvalue weighted by Crippen LogP contribution is 2.21. The summed E-state index contributed by atoms with van der Waals surface area (Å²) in [5.74, 6) is 0.416. The Morgan fingerprint density at radius 1 is 1.28 bits per heavy atom. The largest absolute Gasteiger partial charge is 0.342 e. The van der Waals surface area contributed by atoms with Gasteiger partial charge >= 0.3 is 0 Å². The second-order valence-corrected chi connectivity index (χ2v) is 8.23. The Kier molecular flexibility index (Phi) is 7.24. The van der Waals surface area contributed by atoms with Gasteiger partial charge in [0.25, 0.3) is 5.91 Å². The first kappa shape index (κ1) is 21.3. The molecule has 1 atom stereocenters. The number of benzene rings is 1. The molecule has 0 aliphatic heterocycles. The molecule has 3 aromatic rings. The molecule has 8 nitrogen and oxygen atoms in total. The molecule has 2 heterocycles. The van der Waals surface area contributed by atoms with Crippen LogP contribution in [0.25, 0.3) is 0 Å². The molecule has 3 rings (SSSR count). The summed E-state index contributed by atoms with van der Waals surface area (Å²) in [7, 11) is 0. The normalized spacial score (nSPS) is 11.8. The summed E-state index contributed by atoms with van der Waals surface area (Å²) in [4.78, 5) is 28.5. The van der Waals surface area contributed by atoms with Crippen LogP contribution >= 0.6 is 34.7 Å². The summed E-state index contributed by atoms with van der Waals surface area (Å²) in [5, 5.41) is 17.6. The van der Waals surface area contributed by atoms with E-state index in [0.717, 1.165) is 0 Å². The molecule has 0 fully saturated rings. The number of nitrogens with zero attached hydrogens (tertiary/aromatic N) is 4. The maximum Gasteiger partial charge on any atom is 0.251 e. The molecule has 1 aromatic carbocycles. The molecule has 0 aliphatic rings. The van der Waals surface area contributed by atoms with Gasteiger partial charge in [-0.25, -0.2) is 4.98 Å². The lowest BCUT2D eigenvalue weighted by molar-refractivity contribution is -0.113. The van der Waals surface area contributed by atoms with Crippen molar-refractivity contribution in [2.75, 3.05) is 11.1 Å². The van der Waals surface area contributed by atoms with Gasteiger partial charge in [-0.3, -0.25) is 9.59 Å². The summed E-state index contributed by atoms with van der Waals surface area (Å²) < 4.78 is 1.88. The Morgan fingerprint density at radius 3 is 2.69 bits per heavy atom. The van der Waals surface area contributed by atoms with Gasteiger partial charge in [0.2, 0.25) is 5.91 Å². The van der Waals surface area contributed by atoms with E-state index in [-0.39, 0.29) is 23.6 Å². The fourth-order valence-corrected chi connectivity index (χ4v) is 4.02. The standard InChI is InChI=1S/C18H19ClN6O2S2/c1-3-25-15(11(2)21-16(27)12-4-6-13(19)7-5-12)23-24-18(25)29-10-14(26)22-17-20-8-9-28-17/h4-9,11H,3,10H2,1-2H3,(H,21,27)(H,20,22,26). The zero-order chi connectivity index (χ0) is 20.8. The Balaban J connectivity index is 1.62. The molecule has 2 N–H and O–H groups in total. The van der Waals surface area contributed by atoms with Gasteiger partial charge in [-0.05, 0) is 38.1 Å². The molecule has 29 heavy (non-hydrogen) atoms. The zero-order valence-electron chi connectivity index (χ0n) is 15.8. The lowest BCUT2D eigenvalue weighted by Gasteiger charge is -2.15. The minimum absolute atomic E-state index is 0.166. The van der Waals surface area contributed by atoms with Gasteiger partial charge in [-0.1, -0.05) is 23.4 Å². The van der Waals surface area contributed by atoms with Crippen LogP contribution in [-0.4, -0.2) is 37.3 Å². The predicted octanol–water partition coefficient (Wildman–Crippen LogP) is 3.63. The molecule has 2 amide bonds. The number of hydrogen-bond donors (Lipinski definition) is 2. The highest BCUT2D eigenvalue weighted by Gasteiger charge is 2.20. The van der Waals surface area contributed by atoms with Gasteiger partial charge in [0.15, 0.2) is 16.1 Å². The number of aromatic nitrogens is 4. The third kappa shape index (κ3) is 5.55. The van der Waals surface area contributed by atoms with Crippen LogP contribution in [-0.2, 0) is 11.3 Å². The number of thiazole rings is 1. The van der Waals surface area contributed by atoms with Crippen LogP contribution in [0.5, 0.6) is 0 Å². The van der Waals surface area contributed by atoms with E-state index in [9.17, 15) is 9.59 Å². The van der Waals surface area contributed by atoms with Crippen LogP contribution in [0, 0.1) is 0 Å². The van der Waals surface area contributed by atoms with E-state index in [2.05, 4.69) is 25.8 Å². The number of halogens is 1. The van der Waals surface area contributed by atoms with Crippen LogP contribution in [0.3, 0.4) is 0 Å². The van der Waals surface area contributed by atoms with E-state index in [1.54, 1.807) is 35.8 Å². The van der Waals surface area contributed by atoms with E-state index < -0.39 is 0 Å². The van der Waals surface area contributed by atoms with Crippen molar-refractivity contribution in [1.82, 2.24) is 25.1 Å². The van der Waals surface area contributed by atoms with Gasteiger partial charge in [-0.2, -0.15) is 0 Å². The van der Waals surface area contributed by atoms with E-state index in [1.807, 2.05) is 18.4 Å². The first-order chi connectivity index (χ1) is 14.0. The zero-order valence-corrected chi connectivity index (χ0v) is 18.1. The second-order valence-electron chi connectivity index (χ2n) is 5.96. The SMILES string of the molecule is CCn1c(SCC(=O)Nc2nccs2)nnc1C(C)NC(=O)c1ccc(Cl)cc1. The Morgan fingerprint density at radius 2 is 2.03 bits per heavy atom. The number of carbonyl (C=O) groups excluding carboxylic acids is 2. The molecule has 0 bridgehead atoms. The van der Waals surface area contributed by atoms with Crippen molar-refractivity contribution in [1.29, 1.82) is 0 Å². The van der Waals surface area contributed by atoms with Crippen LogP contribution in [0.2, 0.25) is 5.02 Å². The van der Waals surface area contributed by atoms with Gasteiger partial charge in [0.05, 0.1) is 11.8 Å². The number of rotatable bonds is 8. The lowest BCUT2D eigenvalue weighted by atomic mass is 10.2. The van der Waals surface area contributed by atoms with Crippen molar-refractivity contribution in [2.45, 2.75) is 31.6 Å². The minimum Gasteiger partial charge on any atom is -0.342 e. The number of hydrogen-bond acceptors (Lipinski definition) is 7. The van der Waals surface area contributed by atoms with E-state index in [0.29, 0.717) is 33.2 Å². The molecular formula is C18H19ClN6O2S2. The number of thioether (sulfide) groups is 1. The third-order valence-corrected chi connectivity index (χ3v) is 5.82. The molecule has 0 saturated carbocycles. The molecule has 0 aliphatic carbocycles. The van der Waals surface area contributed by atoms with Gasteiger partial charge in [0, 0.05) is 28.7 Å². The van der Waals surface area contributed by atoms with Gasteiger partial charge in [0.1, 0.15) is 0 Å². The highest BCUT2D eigenvalue weighted by atomic mass is 35.5. The monoisotopic (exact) mass is 450 g/mol. The highest BCUT2D eigenvalue weighted by molar-refractivity contribution is 7.99. The Labute approximate surface area is 181 Å². The number of anilines is 1. The third-order valence-electron chi connectivity index (χ3n) is 3.91. The molecule has 0 spiro atoms. The molecule has 1 unspecified atom stereocenters. The quantitative estimate of drug-likeness (QED) is 0.508. The maximum absolute atomic E-state index is 12.4. The molecule has 0 radical (unpaired) electrons. The van der Waals surface area contributed by atoms with Crippen molar-refractivity contribution < 1.29 is 9.59 Å². The van der Waals surface area contributed by atoms with Crippen LogP contribution < -0.4 is 10.6 Å². The fraction of sp³-hybridized carbons (Fsp3) is 0.278. The number of carbonyl (C=O) groups is 2. The van der Waals surface area contributed by atoms with Crippen molar-refractivity contribution in [2.24, 2.45) is 0 Å². The second kappa shape index (κ2) is 9.86. The van der Waals surface area contributed by atoms with E-state index >= 15 is 0 Å². The Hall–Kier alpha value is -2.43. The first-order valence-corrected chi connectivity index (χ1v) is 11.0. The lowest BCUT2D eigenvalue weighted by Crippen LogP contribution is -2.28. The number of amides is 2. The summed E-state index contributed by atoms with van der Waals surface area (Å²) >= 11 is 8.51. The molecule has 11 heteroatoms. The average Bonchev–Trinajstić information content (AvgIpc) is 3.36. The summed E-state index contributed by atoms with van der Waals surface area (Å²) in [6, 6.07) is 6.31.